The van der Waals surface area contributed by atoms with Gasteiger partial charge in [0.25, 0.3) is 0 Å². The summed E-state index contributed by atoms with van der Waals surface area (Å²) in [5.74, 6) is 0.368. The number of esters is 1. The number of methoxy groups -OCH3 is 1. The van der Waals surface area contributed by atoms with Crippen LogP contribution in [0.15, 0.2) is 84.4 Å². The van der Waals surface area contributed by atoms with E-state index in [-0.39, 0.29) is 18.8 Å². The summed E-state index contributed by atoms with van der Waals surface area (Å²) in [7, 11) is 1.51. The van der Waals surface area contributed by atoms with Gasteiger partial charge in [0.2, 0.25) is 0 Å². The van der Waals surface area contributed by atoms with E-state index in [1.165, 1.54) is 13.2 Å². The molecule has 3 aromatic rings. The Morgan fingerprint density at radius 2 is 1.45 bits per heavy atom. The first kappa shape index (κ1) is 23.6. The molecular formula is C27H25NO5. The quantitative estimate of drug-likeness (QED) is 0.181. The highest BCUT2D eigenvalue weighted by atomic mass is 16.6. The summed E-state index contributed by atoms with van der Waals surface area (Å²) in [6, 6.07) is 26.7. The van der Waals surface area contributed by atoms with E-state index in [1.54, 1.807) is 18.2 Å². The van der Waals surface area contributed by atoms with Crippen LogP contribution in [0.5, 0.6) is 11.5 Å². The van der Waals surface area contributed by atoms with Crippen LogP contribution in [0.1, 0.15) is 16.7 Å². The van der Waals surface area contributed by atoms with Crippen molar-refractivity contribution < 1.29 is 23.7 Å². The zero-order chi connectivity index (χ0) is 23.3. The second-order valence-electron chi connectivity index (χ2n) is 7.05. The molecule has 0 saturated carbocycles. The van der Waals surface area contributed by atoms with Gasteiger partial charge < -0.3 is 18.9 Å². The van der Waals surface area contributed by atoms with Crippen LogP contribution in [0, 0.1) is 11.3 Å². The molecule has 6 heteroatoms. The standard InChI is InChI=1S/C27H25NO5/c1-30-14-15-31-27(29)24(18-28)16-23-12-13-25(32-19-21-8-4-2-5-9-21)26(17-23)33-20-22-10-6-3-7-11-22/h2-13,16-17H,14-15,19-20H2,1H3/b24-16+. The van der Waals surface area contributed by atoms with Crippen LogP contribution >= 0.6 is 0 Å². The number of rotatable bonds is 11. The van der Waals surface area contributed by atoms with Crippen LogP contribution in [-0.4, -0.2) is 26.3 Å². The van der Waals surface area contributed by atoms with Gasteiger partial charge in [0.1, 0.15) is 31.5 Å². The number of carbonyl (C=O) groups excluding carboxylic acids is 1. The normalized spacial score (nSPS) is 10.8. The summed E-state index contributed by atoms with van der Waals surface area (Å²) in [6.07, 6.45) is 1.46. The average molecular weight is 443 g/mol. The monoisotopic (exact) mass is 443 g/mol. The molecular weight excluding hydrogens is 418 g/mol. The Kier molecular flexibility index (Phi) is 9.07. The molecule has 0 spiro atoms. The molecule has 0 aliphatic carbocycles. The number of ether oxygens (including phenoxy) is 4. The number of benzene rings is 3. The van der Waals surface area contributed by atoms with Crippen molar-refractivity contribution in [2.45, 2.75) is 13.2 Å². The highest BCUT2D eigenvalue weighted by molar-refractivity contribution is 5.97. The lowest BCUT2D eigenvalue weighted by Gasteiger charge is -2.14. The topological polar surface area (TPSA) is 77.8 Å². The molecule has 0 bridgehead atoms. The number of hydrogen-bond acceptors (Lipinski definition) is 6. The fraction of sp³-hybridized carbons (Fsp3) is 0.185. The van der Waals surface area contributed by atoms with Crippen molar-refractivity contribution in [2.24, 2.45) is 0 Å². The minimum absolute atomic E-state index is 0.0755. The Bertz CT molecular complexity index is 1100. The van der Waals surface area contributed by atoms with Crippen LogP contribution in [0.4, 0.5) is 0 Å². The van der Waals surface area contributed by atoms with Crippen LogP contribution in [0.3, 0.4) is 0 Å². The minimum Gasteiger partial charge on any atom is -0.485 e. The van der Waals surface area contributed by atoms with Gasteiger partial charge in [-0.1, -0.05) is 66.7 Å². The predicted octanol–water partition coefficient (Wildman–Crippen LogP) is 4.94. The number of hydrogen-bond donors (Lipinski definition) is 0. The van der Waals surface area contributed by atoms with Crippen LogP contribution in [-0.2, 0) is 27.5 Å². The summed E-state index contributed by atoms with van der Waals surface area (Å²) in [5.41, 5.74) is 2.54. The van der Waals surface area contributed by atoms with Crippen molar-refractivity contribution >= 4 is 12.0 Å². The van der Waals surface area contributed by atoms with Crippen LogP contribution in [0.2, 0.25) is 0 Å². The smallest absolute Gasteiger partial charge is 0.348 e. The van der Waals surface area contributed by atoms with Crippen molar-refractivity contribution in [3.05, 3.63) is 101 Å². The molecule has 0 unspecified atom stereocenters. The number of nitriles is 1. The van der Waals surface area contributed by atoms with Gasteiger partial charge in [-0.3, -0.25) is 0 Å². The molecule has 0 aromatic heterocycles. The third-order valence-electron chi connectivity index (χ3n) is 4.61. The molecule has 0 atom stereocenters. The molecule has 0 radical (unpaired) electrons. The number of carbonyl (C=O) groups is 1. The molecule has 6 nitrogen and oxygen atoms in total. The predicted molar refractivity (Wildman–Crippen MR) is 124 cm³/mol. The molecule has 0 saturated heterocycles. The first-order valence-electron chi connectivity index (χ1n) is 10.4. The molecule has 0 fully saturated rings. The van der Waals surface area contributed by atoms with Crippen molar-refractivity contribution in [1.29, 1.82) is 5.26 Å². The van der Waals surface area contributed by atoms with Gasteiger partial charge in [-0.25, -0.2) is 4.79 Å². The largest absolute Gasteiger partial charge is 0.485 e. The fourth-order valence-corrected chi connectivity index (χ4v) is 2.92. The molecule has 0 heterocycles. The maximum Gasteiger partial charge on any atom is 0.348 e. The van der Waals surface area contributed by atoms with Gasteiger partial charge in [-0.2, -0.15) is 5.26 Å². The highest BCUT2D eigenvalue weighted by Gasteiger charge is 2.13. The number of nitrogens with zero attached hydrogens (tertiary/aromatic N) is 1. The first-order valence-corrected chi connectivity index (χ1v) is 10.4. The summed E-state index contributed by atoms with van der Waals surface area (Å²) < 4.78 is 21.9. The van der Waals surface area contributed by atoms with E-state index in [2.05, 4.69) is 0 Å². The molecule has 33 heavy (non-hydrogen) atoms. The Morgan fingerprint density at radius 3 is 2.03 bits per heavy atom. The van der Waals surface area contributed by atoms with Crippen molar-refractivity contribution in [1.82, 2.24) is 0 Å². The van der Waals surface area contributed by atoms with E-state index in [0.717, 1.165) is 11.1 Å². The molecule has 0 amide bonds. The highest BCUT2D eigenvalue weighted by Crippen LogP contribution is 2.31. The Balaban J connectivity index is 1.81. The third-order valence-corrected chi connectivity index (χ3v) is 4.61. The van der Waals surface area contributed by atoms with Gasteiger partial charge >= 0.3 is 5.97 Å². The minimum atomic E-state index is -0.703. The summed E-state index contributed by atoms with van der Waals surface area (Å²) in [5, 5.41) is 9.39. The molecule has 0 aliphatic heterocycles. The second kappa shape index (κ2) is 12.7. The summed E-state index contributed by atoms with van der Waals surface area (Å²) in [6.45, 7) is 1.06. The molecule has 168 valence electrons. The molecule has 3 rings (SSSR count). The van der Waals surface area contributed by atoms with Gasteiger partial charge in [-0.15, -0.1) is 0 Å². The van der Waals surface area contributed by atoms with E-state index >= 15 is 0 Å². The molecule has 3 aromatic carbocycles. The Hall–Kier alpha value is -4.08. The van der Waals surface area contributed by atoms with E-state index in [9.17, 15) is 10.1 Å². The van der Waals surface area contributed by atoms with E-state index in [4.69, 9.17) is 18.9 Å². The van der Waals surface area contributed by atoms with Gasteiger partial charge in [0.05, 0.1) is 6.61 Å². The fourth-order valence-electron chi connectivity index (χ4n) is 2.92. The zero-order valence-corrected chi connectivity index (χ0v) is 18.4. The van der Waals surface area contributed by atoms with Crippen LogP contribution < -0.4 is 9.47 Å². The zero-order valence-electron chi connectivity index (χ0n) is 18.4. The van der Waals surface area contributed by atoms with Gasteiger partial charge in [-0.05, 0) is 34.9 Å². The lowest BCUT2D eigenvalue weighted by atomic mass is 10.1. The van der Waals surface area contributed by atoms with Crippen LogP contribution in [0.25, 0.3) is 6.08 Å². The van der Waals surface area contributed by atoms with Gasteiger partial charge in [0.15, 0.2) is 11.5 Å². The first-order chi connectivity index (χ1) is 16.2. The van der Waals surface area contributed by atoms with Crippen molar-refractivity contribution in [2.75, 3.05) is 20.3 Å². The van der Waals surface area contributed by atoms with Crippen molar-refractivity contribution in [3.8, 4) is 17.6 Å². The maximum atomic E-state index is 12.2. The van der Waals surface area contributed by atoms with Crippen molar-refractivity contribution in [3.63, 3.8) is 0 Å². The second-order valence-corrected chi connectivity index (χ2v) is 7.05. The summed E-state index contributed by atoms with van der Waals surface area (Å²) in [4.78, 5) is 12.2. The molecule has 0 aliphatic rings. The SMILES string of the molecule is COCCOC(=O)/C(C#N)=C/c1ccc(OCc2ccccc2)c(OCc2ccccc2)c1. The third kappa shape index (κ3) is 7.53. The Morgan fingerprint density at radius 1 is 0.848 bits per heavy atom. The summed E-state index contributed by atoms with van der Waals surface area (Å²) >= 11 is 0. The Labute approximate surface area is 193 Å². The lowest BCUT2D eigenvalue weighted by Crippen LogP contribution is -2.11. The maximum absolute atomic E-state index is 12.2. The van der Waals surface area contributed by atoms with E-state index in [0.29, 0.717) is 30.3 Å². The van der Waals surface area contributed by atoms with Gasteiger partial charge in [0, 0.05) is 7.11 Å². The lowest BCUT2D eigenvalue weighted by molar-refractivity contribution is -0.139. The van der Waals surface area contributed by atoms with E-state index < -0.39 is 5.97 Å². The molecule has 0 N–H and O–H groups in total. The average Bonchev–Trinajstić information content (AvgIpc) is 2.86. The van der Waals surface area contributed by atoms with E-state index in [1.807, 2.05) is 66.7 Å².